The molecule has 0 aliphatic heterocycles. The van der Waals surface area contributed by atoms with Gasteiger partial charge in [0.2, 0.25) is 0 Å². The number of nitrogens with one attached hydrogen (secondary N) is 1. The zero-order valence-electron chi connectivity index (χ0n) is 13.1. The summed E-state index contributed by atoms with van der Waals surface area (Å²) in [6, 6.07) is 15.6. The van der Waals surface area contributed by atoms with Gasteiger partial charge in [-0.25, -0.2) is 4.79 Å². The number of ether oxygens (including phenoxy) is 1. The molecule has 1 fully saturated rings. The van der Waals surface area contributed by atoms with Gasteiger partial charge in [0.05, 0.1) is 18.2 Å². The van der Waals surface area contributed by atoms with Crippen LogP contribution in [0, 0.1) is 0 Å². The van der Waals surface area contributed by atoms with Crippen molar-refractivity contribution in [3.05, 3.63) is 59.7 Å². The zero-order chi connectivity index (χ0) is 16.7. The predicted octanol–water partition coefficient (Wildman–Crippen LogP) is 2.02. The number of hydrogen-bond donors (Lipinski definition) is 3. The Kier molecular flexibility index (Phi) is 3.75. The Hall–Kier alpha value is -2.37. The Bertz CT molecular complexity index is 722. The van der Waals surface area contributed by atoms with Crippen LogP contribution in [0.25, 0.3) is 11.1 Å². The minimum Gasteiger partial charge on any atom is -0.449 e. The molecule has 4 rings (SSSR count). The van der Waals surface area contributed by atoms with E-state index in [4.69, 9.17) is 4.74 Å². The number of fused-ring (bicyclic) bond motifs is 3. The second kappa shape index (κ2) is 5.92. The molecule has 5 heteroatoms. The van der Waals surface area contributed by atoms with Crippen LogP contribution in [0.3, 0.4) is 0 Å². The number of aliphatic hydroxyl groups excluding tert-OH is 2. The van der Waals surface area contributed by atoms with E-state index in [9.17, 15) is 15.0 Å². The Morgan fingerprint density at radius 1 is 1.00 bits per heavy atom. The van der Waals surface area contributed by atoms with Crippen LogP contribution in [0.4, 0.5) is 4.79 Å². The first kappa shape index (κ1) is 15.2. The maximum absolute atomic E-state index is 12.0. The highest BCUT2D eigenvalue weighted by Crippen LogP contribution is 2.44. The van der Waals surface area contributed by atoms with Gasteiger partial charge in [0.1, 0.15) is 6.61 Å². The normalized spacial score (nSPS) is 24.7. The fourth-order valence-electron chi connectivity index (χ4n) is 3.57. The molecule has 0 bridgehead atoms. The number of benzene rings is 2. The topological polar surface area (TPSA) is 78.8 Å². The molecule has 1 amide bonds. The molecule has 5 nitrogen and oxygen atoms in total. The van der Waals surface area contributed by atoms with Gasteiger partial charge in [0.15, 0.2) is 0 Å². The zero-order valence-corrected chi connectivity index (χ0v) is 13.1. The third-order valence-corrected chi connectivity index (χ3v) is 4.94. The summed E-state index contributed by atoms with van der Waals surface area (Å²) >= 11 is 0. The van der Waals surface area contributed by atoms with Crippen LogP contribution in [0.2, 0.25) is 0 Å². The number of carbonyl (C=O) groups is 1. The Morgan fingerprint density at radius 3 is 2.08 bits per heavy atom. The second-order valence-corrected chi connectivity index (χ2v) is 6.37. The van der Waals surface area contributed by atoms with Gasteiger partial charge < -0.3 is 20.3 Å². The van der Waals surface area contributed by atoms with Crippen LogP contribution in [0.15, 0.2) is 48.5 Å². The minimum atomic E-state index is -0.708. The first-order chi connectivity index (χ1) is 11.6. The monoisotopic (exact) mass is 325 g/mol. The summed E-state index contributed by atoms with van der Waals surface area (Å²) in [7, 11) is 0. The first-order valence-corrected chi connectivity index (χ1v) is 8.13. The molecule has 0 radical (unpaired) electrons. The van der Waals surface area contributed by atoms with E-state index in [0.29, 0.717) is 0 Å². The third-order valence-electron chi connectivity index (χ3n) is 4.94. The van der Waals surface area contributed by atoms with E-state index in [-0.39, 0.29) is 18.9 Å². The smallest absolute Gasteiger partial charge is 0.407 e. The number of rotatable bonds is 3. The molecule has 0 spiro atoms. The molecule has 124 valence electrons. The highest BCUT2D eigenvalue weighted by Gasteiger charge is 2.40. The Balaban J connectivity index is 1.48. The van der Waals surface area contributed by atoms with Gasteiger partial charge in [-0.2, -0.15) is 0 Å². The summed E-state index contributed by atoms with van der Waals surface area (Å²) in [5, 5.41) is 21.6. The molecule has 2 aliphatic carbocycles. The molecule has 0 saturated heterocycles. The average molecular weight is 325 g/mol. The lowest BCUT2D eigenvalue weighted by Crippen LogP contribution is -2.60. The molecule has 2 unspecified atom stereocenters. The molecule has 24 heavy (non-hydrogen) atoms. The molecule has 2 aliphatic rings. The number of amides is 1. The van der Waals surface area contributed by atoms with Crippen molar-refractivity contribution in [2.45, 2.75) is 30.6 Å². The van der Waals surface area contributed by atoms with Crippen LogP contribution >= 0.6 is 0 Å². The second-order valence-electron chi connectivity index (χ2n) is 6.37. The van der Waals surface area contributed by atoms with Gasteiger partial charge in [-0.3, -0.25) is 0 Å². The van der Waals surface area contributed by atoms with E-state index >= 15 is 0 Å². The molecule has 2 atom stereocenters. The van der Waals surface area contributed by atoms with Crippen molar-refractivity contribution in [3.63, 3.8) is 0 Å². The third kappa shape index (κ3) is 2.46. The maximum Gasteiger partial charge on any atom is 0.407 e. The van der Waals surface area contributed by atoms with Gasteiger partial charge in [-0.05, 0) is 22.3 Å². The lowest BCUT2D eigenvalue weighted by atomic mass is 9.86. The highest BCUT2D eigenvalue weighted by molar-refractivity contribution is 5.79. The summed E-state index contributed by atoms with van der Waals surface area (Å²) in [5.41, 5.74) is 4.64. The van der Waals surface area contributed by atoms with Crippen molar-refractivity contribution in [1.82, 2.24) is 5.32 Å². The van der Waals surface area contributed by atoms with Crippen molar-refractivity contribution in [3.8, 4) is 11.1 Å². The van der Waals surface area contributed by atoms with E-state index in [1.807, 2.05) is 24.3 Å². The number of carbonyl (C=O) groups excluding carboxylic acids is 1. The van der Waals surface area contributed by atoms with E-state index < -0.39 is 24.3 Å². The van der Waals surface area contributed by atoms with Crippen molar-refractivity contribution in [1.29, 1.82) is 0 Å². The summed E-state index contributed by atoms with van der Waals surface area (Å²) in [5.74, 6) is -0.000567. The Morgan fingerprint density at radius 2 is 1.54 bits per heavy atom. The molecular weight excluding hydrogens is 306 g/mol. The molecule has 2 aromatic carbocycles. The maximum atomic E-state index is 12.0. The molecular formula is C19H19NO4. The van der Waals surface area contributed by atoms with Crippen LogP contribution in [0.5, 0.6) is 0 Å². The van der Waals surface area contributed by atoms with Crippen LogP contribution in [-0.4, -0.2) is 41.2 Å². The van der Waals surface area contributed by atoms with Crippen LogP contribution in [0.1, 0.15) is 23.5 Å². The van der Waals surface area contributed by atoms with E-state index in [1.165, 1.54) is 11.1 Å². The van der Waals surface area contributed by atoms with E-state index in [2.05, 4.69) is 29.6 Å². The largest absolute Gasteiger partial charge is 0.449 e. The van der Waals surface area contributed by atoms with Gasteiger partial charge >= 0.3 is 6.09 Å². The molecule has 1 saturated carbocycles. The van der Waals surface area contributed by atoms with Crippen LogP contribution in [-0.2, 0) is 4.74 Å². The van der Waals surface area contributed by atoms with Crippen molar-refractivity contribution in [2.75, 3.05) is 6.61 Å². The van der Waals surface area contributed by atoms with E-state index in [1.54, 1.807) is 0 Å². The van der Waals surface area contributed by atoms with Crippen molar-refractivity contribution < 1.29 is 19.7 Å². The lowest BCUT2D eigenvalue weighted by Gasteiger charge is -2.38. The average Bonchev–Trinajstić information content (AvgIpc) is 2.92. The number of alkyl carbamates (subject to hydrolysis) is 1. The predicted molar refractivity (Wildman–Crippen MR) is 88.6 cm³/mol. The lowest BCUT2D eigenvalue weighted by molar-refractivity contribution is -0.0621. The molecule has 2 aromatic rings. The molecule has 0 heterocycles. The number of aliphatic hydroxyl groups is 2. The summed E-state index contributed by atoms with van der Waals surface area (Å²) in [6.45, 7) is 0.221. The molecule has 0 aromatic heterocycles. The van der Waals surface area contributed by atoms with Gasteiger partial charge in [0.25, 0.3) is 0 Å². The van der Waals surface area contributed by atoms with Gasteiger partial charge in [0, 0.05) is 12.3 Å². The summed E-state index contributed by atoms with van der Waals surface area (Å²) in [6.07, 6.45) is -1.74. The number of hydrogen-bond acceptors (Lipinski definition) is 4. The van der Waals surface area contributed by atoms with Gasteiger partial charge in [-0.15, -0.1) is 0 Å². The van der Waals surface area contributed by atoms with Crippen molar-refractivity contribution >= 4 is 6.09 Å². The summed E-state index contributed by atoms with van der Waals surface area (Å²) < 4.78 is 5.37. The highest BCUT2D eigenvalue weighted by atomic mass is 16.5. The molecule has 3 N–H and O–H groups in total. The standard InChI is InChI=1S/C19H19NO4/c21-16-9-17(22)18(16)20-19(23)24-10-15-13-7-3-1-5-11(13)12-6-2-4-8-14(12)15/h1-8,15-18,21-22H,9-10H2,(H,20,23). The SMILES string of the molecule is O=C(NC1C(O)CC1O)OCC1c2ccccc2-c2ccccc21. The quantitative estimate of drug-likeness (QED) is 0.807. The first-order valence-electron chi connectivity index (χ1n) is 8.13. The van der Waals surface area contributed by atoms with Crippen molar-refractivity contribution in [2.24, 2.45) is 0 Å². The Labute approximate surface area is 139 Å². The van der Waals surface area contributed by atoms with Gasteiger partial charge in [-0.1, -0.05) is 48.5 Å². The van der Waals surface area contributed by atoms with E-state index in [0.717, 1.165) is 11.1 Å². The fraction of sp³-hybridized carbons (Fsp3) is 0.316. The fourth-order valence-corrected chi connectivity index (χ4v) is 3.57. The minimum absolute atomic E-state index is 0.000567. The summed E-state index contributed by atoms with van der Waals surface area (Å²) in [4.78, 5) is 12.0. The van der Waals surface area contributed by atoms with Crippen LogP contribution < -0.4 is 5.32 Å².